The molecule has 0 aliphatic rings. The molecule has 0 bridgehead atoms. The summed E-state index contributed by atoms with van der Waals surface area (Å²) in [5, 5.41) is 5.36. The second-order valence-electron chi connectivity index (χ2n) is 4.80. The molecule has 2 aromatic carbocycles. The first kappa shape index (κ1) is 17.6. The highest BCUT2D eigenvalue weighted by Gasteiger charge is 2.15. The van der Waals surface area contributed by atoms with Crippen molar-refractivity contribution >= 4 is 29.1 Å². The van der Waals surface area contributed by atoms with Gasteiger partial charge in [-0.3, -0.25) is 9.59 Å². The van der Waals surface area contributed by atoms with Crippen LogP contribution in [0.4, 0.5) is 5.69 Å². The predicted octanol–water partition coefficient (Wildman–Crippen LogP) is 2.61. The zero-order valence-electron chi connectivity index (χ0n) is 13.3. The largest absolute Gasteiger partial charge is 0.496 e. The van der Waals surface area contributed by atoms with Gasteiger partial charge in [-0.15, -0.1) is 0 Å². The van der Waals surface area contributed by atoms with Crippen LogP contribution in [0.15, 0.2) is 42.5 Å². The molecular weight excluding hydrogens is 332 g/mol. The molecule has 6 nitrogen and oxygen atoms in total. The Morgan fingerprint density at radius 1 is 1.00 bits per heavy atom. The molecule has 0 spiro atoms. The fourth-order valence-electron chi connectivity index (χ4n) is 2.04. The topological polar surface area (TPSA) is 76.7 Å². The normalized spacial score (nSPS) is 9.96. The van der Waals surface area contributed by atoms with E-state index in [0.29, 0.717) is 22.2 Å². The van der Waals surface area contributed by atoms with Gasteiger partial charge >= 0.3 is 11.8 Å². The Morgan fingerprint density at radius 3 is 2.38 bits per heavy atom. The number of nitrogens with one attached hydrogen (secondary N) is 2. The van der Waals surface area contributed by atoms with Crippen molar-refractivity contribution in [2.24, 2.45) is 0 Å². The smallest absolute Gasteiger partial charge is 0.313 e. The molecule has 0 aliphatic heterocycles. The lowest BCUT2D eigenvalue weighted by Gasteiger charge is -2.10. The Morgan fingerprint density at radius 2 is 1.71 bits per heavy atom. The molecule has 2 amide bonds. The Labute approximate surface area is 144 Å². The van der Waals surface area contributed by atoms with Crippen molar-refractivity contribution in [3.8, 4) is 11.5 Å². The van der Waals surface area contributed by atoms with Gasteiger partial charge in [0.25, 0.3) is 0 Å². The number of methoxy groups -OCH3 is 2. The summed E-state index contributed by atoms with van der Waals surface area (Å²) >= 11 is 5.98. The predicted molar refractivity (Wildman–Crippen MR) is 91.5 cm³/mol. The number of rotatable bonds is 5. The average Bonchev–Trinajstić information content (AvgIpc) is 2.60. The molecule has 0 saturated carbocycles. The zero-order valence-corrected chi connectivity index (χ0v) is 14.0. The van der Waals surface area contributed by atoms with Gasteiger partial charge < -0.3 is 20.1 Å². The maximum absolute atomic E-state index is 11.9. The SMILES string of the molecule is COc1ccc(NC(=O)C(=O)NCc2ccccc2OC)cc1Cl. The number of ether oxygens (including phenoxy) is 2. The zero-order chi connectivity index (χ0) is 17.5. The fourth-order valence-corrected chi connectivity index (χ4v) is 2.29. The lowest BCUT2D eigenvalue weighted by Crippen LogP contribution is -2.35. The maximum atomic E-state index is 11.9. The van der Waals surface area contributed by atoms with E-state index in [4.69, 9.17) is 21.1 Å². The molecule has 0 atom stereocenters. The third kappa shape index (κ3) is 4.39. The number of carbonyl (C=O) groups excluding carboxylic acids is 2. The van der Waals surface area contributed by atoms with Crippen molar-refractivity contribution in [2.75, 3.05) is 19.5 Å². The van der Waals surface area contributed by atoms with Crippen LogP contribution in [0.2, 0.25) is 5.02 Å². The van der Waals surface area contributed by atoms with Crippen molar-refractivity contribution in [2.45, 2.75) is 6.54 Å². The Hall–Kier alpha value is -2.73. The molecule has 2 aromatic rings. The highest BCUT2D eigenvalue weighted by Crippen LogP contribution is 2.27. The molecule has 0 saturated heterocycles. The molecule has 0 radical (unpaired) electrons. The summed E-state index contributed by atoms with van der Waals surface area (Å²) in [7, 11) is 3.03. The van der Waals surface area contributed by atoms with E-state index in [0.717, 1.165) is 5.56 Å². The van der Waals surface area contributed by atoms with Gasteiger partial charge in [0.1, 0.15) is 11.5 Å². The molecule has 2 N–H and O–H groups in total. The van der Waals surface area contributed by atoms with Gasteiger partial charge in [0.05, 0.1) is 19.2 Å². The summed E-state index contributed by atoms with van der Waals surface area (Å²) in [6.07, 6.45) is 0. The van der Waals surface area contributed by atoms with E-state index in [-0.39, 0.29) is 6.54 Å². The summed E-state index contributed by atoms with van der Waals surface area (Å²) < 4.78 is 10.2. The van der Waals surface area contributed by atoms with Crippen molar-refractivity contribution < 1.29 is 19.1 Å². The van der Waals surface area contributed by atoms with Crippen LogP contribution in [-0.4, -0.2) is 26.0 Å². The number of carbonyl (C=O) groups is 2. The van der Waals surface area contributed by atoms with Crippen LogP contribution >= 0.6 is 11.6 Å². The second kappa shape index (κ2) is 8.21. The van der Waals surface area contributed by atoms with E-state index in [1.54, 1.807) is 31.4 Å². The first-order valence-electron chi connectivity index (χ1n) is 7.09. The molecule has 0 aliphatic carbocycles. The highest BCUT2D eigenvalue weighted by molar-refractivity contribution is 6.39. The van der Waals surface area contributed by atoms with Gasteiger partial charge in [-0.2, -0.15) is 0 Å². The molecule has 0 fully saturated rings. The average molecular weight is 349 g/mol. The third-order valence-electron chi connectivity index (χ3n) is 3.25. The van der Waals surface area contributed by atoms with Crippen LogP contribution in [0.5, 0.6) is 11.5 Å². The van der Waals surface area contributed by atoms with E-state index < -0.39 is 11.8 Å². The minimum Gasteiger partial charge on any atom is -0.496 e. The fraction of sp³-hybridized carbons (Fsp3) is 0.176. The van der Waals surface area contributed by atoms with Crippen LogP contribution in [0.25, 0.3) is 0 Å². The van der Waals surface area contributed by atoms with Crippen molar-refractivity contribution in [3.05, 3.63) is 53.1 Å². The van der Waals surface area contributed by atoms with E-state index in [1.807, 2.05) is 12.1 Å². The van der Waals surface area contributed by atoms with E-state index in [9.17, 15) is 9.59 Å². The third-order valence-corrected chi connectivity index (χ3v) is 3.54. The lowest BCUT2D eigenvalue weighted by molar-refractivity contribution is -0.136. The van der Waals surface area contributed by atoms with Gasteiger partial charge in [0.15, 0.2) is 0 Å². The van der Waals surface area contributed by atoms with Gasteiger partial charge in [-0.25, -0.2) is 0 Å². The van der Waals surface area contributed by atoms with Gasteiger partial charge in [0, 0.05) is 17.8 Å². The maximum Gasteiger partial charge on any atom is 0.313 e. The Kier molecular flexibility index (Phi) is 6.03. The van der Waals surface area contributed by atoms with Crippen LogP contribution in [-0.2, 0) is 16.1 Å². The van der Waals surface area contributed by atoms with Gasteiger partial charge in [0.2, 0.25) is 0 Å². The minimum atomic E-state index is -0.786. The molecule has 24 heavy (non-hydrogen) atoms. The molecular formula is C17H17ClN2O4. The monoisotopic (exact) mass is 348 g/mol. The van der Waals surface area contributed by atoms with Crippen LogP contribution in [0, 0.1) is 0 Å². The van der Waals surface area contributed by atoms with Crippen LogP contribution < -0.4 is 20.1 Å². The number of halogens is 1. The number of amides is 2. The number of hydrogen-bond acceptors (Lipinski definition) is 4. The van der Waals surface area contributed by atoms with Crippen LogP contribution in [0.1, 0.15) is 5.56 Å². The second-order valence-corrected chi connectivity index (χ2v) is 5.21. The summed E-state index contributed by atoms with van der Waals surface area (Å²) in [5.41, 5.74) is 1.17. The Balaban J connectivity index is 1.95. The summed E-state index contributed by atoms with van der Waals surface area (Å²) in [5.74, 6) is -0.422. The number of hydrogen-bond donors (Lipinski definition) is 2. The summed E-state index contributed by atoms with van der Waals surface area (Å²) in [4.78, 5) is 23.8. The first-order valence-corrected chi connectivity index (χ1v) is 7.47. The minimum absolute atomic E-state index is 0.180. The van der Waals surface area contributed by atoms with Crippen molar-refractivity contribution in [1.29, 1.82) is 0 Å². The number of para-hydroxylation sites is 1. The van der Waals surface area contributed by atoms with E-state index in [1.165, 1.54) is 13.2 Å². The summed E-state index contributed by atoms with van der Waals surface area (Å²) in [6.45, 7) is 0.180. The number of anilines is 1. The molecule has 2 rings (SSSR count). The van der Waals surface area contributed by atoms with Crippen LogP contribution in [0.3, 0.4) is 0 Å². The molecule has 7 heteroatoms. The van der Waals surface area contributed by atoms with E-state index in [2.05, 4.69) is 10.6 Å². The summed E-state index contributed by atoms with van der Waals surface area (Å²) in [6, 6.07) is 11.9. The molecule has 126 valence electrons. The van der Waals surface area contributed by atoms with Gasteiger partial charge in [-0.05, 0) is 24.3 Å². The molecule has 0 aromatic heterocycles. The molecule has 0 unspecified atom stereocenters. The standard InChI is InChI=1S/C17H17ClN2O4/c1-23-14-6-4-3-5-11(14)10-19-16(21)17(22)20-12-7-8-15(24-2)13(18)9-12/h3-9H,10H2,1-2H3,(H,19,21)(H,20,22). The van der Waals surface area contributed by atoms with E-state index >= 15 is 0 Å². The molecule has 0 heterocycles. The lowest BCUT2D eigenvalue weighted by atomic mass is 10.2. The van der Waals surface area contributed by atoms with Crippen molar-refractivity contribution in [3.63, 3.8) is 0 Å². The first-order chi connectivity index (χ1) is 11.5. The van der Waals surface area contributed by atoms with Crippen molar-refractivity contribution in [1.82, 2.24) is 5.32 Å². The highest BCUT2D eigenvalue weighted by atomic mass is 35.5. The number of benzene rings is 2. The Bertz CT molecular complexity index is 749. The quantitative estimate of drug-likeness (QED) is 0.814. The van der Waals surface area contributed by atoms with Gasteiger partial charge in [-0.1, -0.05) is 29.8 Å².